The van der Waals surface area contributed by atoms with Crippen LogP contribution >= 0.6 is 0 Å². The molecule has 0 aliphatic heterocycles. The molecule has 1 aliphatic carbocycles. The van der Waals surface area contributed by atoms with Crippen LogP contribution in [-0.4, -0.2) is 27.5 Å². The Labute approximate surface area is 172 Å². The molecule has 0 saturated heterocycles. The van der Waals surface area contributed by atoms with E-state index < -0.39 is 10.0 Å². The van der Waals surface area contributed by atoms with E-state index in [2.05, 4.69) is 10.0 Å². The van der Waals surface area contributed by atoms with Crippen molar-refractivity contribution in [2.75, 3.05) is 18.5 Å². The number of fused-ring (bicyclic) bond motifs is 1. The number of nitrogens with one attached hydrogen (secondary N) is 2. The fourth-order valence-corrected chi connectivity index (χ4v) is 4.56. The van der Waals surface area contributed by atoms with Crippen LogP contribution in [0.5, 0.6) is 5.75 Å². The van der Waals surface area contributed by atoms with E-state index in [9.17, 15) is 13.2 Å². The molecule has 0 unspecified atom stereocenters. The maximum absolute atomic E-state index is 12.5. The van der Waals surface area contributed by atoms with E-state index in [1.165, 1.54) is 5.56 Å². The third-order valence-electron chi connectivity index (χ3n) is 4.95. The van der Waals surface area contributed by atoms with Crippen molar-refractivity contribution in [3.63, 3.8) is 0 Å². The molecule has 0 heterocycles. The number of amides is 1. The standard InChI is InChI=1S/C22H28N2O4S/c1-2-28-20-12-10-19(11-13-20)24-22(25)8-5-15-23-29(26,27)21-14-9-17-6-3-4-7-18(17)16-21/h9-14,16,23H,2-8,15H2,1H3,(H,24,25). The summed E-state index contributed by atoms with van der Waals surface area (Å²) in [6.07, 6.45) is 4.88. The van der Waals surface area contributed by atoms with Gasteiger partial charge in [-0.05, 0) is 86.6 Å². The lowest BCUT2D eigenvalue weighted by molar-refractivity contribution is -0.116. The molecule has 2 aromatic carbocycles. The van der Waals surface area contributed by atoms with E-state index in [0.717, 1.165) is 37.0 Å². The average Bonchev–Trinajstić information content (AvgIpc) is 2.72. The molecular weight excluding hydrogens is 388 g/mol. The topological polar surface area (TPSA) is 84.5 Å². The number of anilines is 1. The fraction of sp³-hybridized carbons (Fsp3) is 0.409. The van der Waals surface area contributed by atoms with Crippen LogP contribution in [0, 0.1) is 0 Å². The van der Waals surface area contributed by atoms with E-state index in [4.69, 9.17) is 4.74 Å². The Morgan fingerprint density at radius 3 is 2.48 bits per heavy atom. The quantitative estimate of drug-likeness (QED) is 0.611. The summed E-state index contributed by atoms with van der Waals surface area (Å²) in [6.45, 7) is 2.72. The number of ether oxygens (including phenoxy) is 1. The minimum Gasteiger partial charge on any atom is -0.494 e. The summed E-state index contributed by atoms with van der Waals surface area (Å²) in [7, 11) is -3.56. The zero-order chi connectivity index (χ0) is 20.7. The monoisotopic (exact) mass is 416 g/mol. The van der Waals surface area contributed by atoms with Crippen molar-refractivity contribution in [2.45, 2.75) is 50.3 Å². The predicted molar refractivity (Wildman–Crippen MR) is 114 cm³/mol. The molecule has 0 saturated carbocycles. The maximum Gasteiger partial charge on any atom is 0.240 e. The Bertz CT molecular complexity index is 940. The lowest BCUT2D eigenvalue weighted by Crippen LogP contribution is -2.26. The van der Waals surface area contributed by atoms with Gasteiger partial charge in [-0.15, -0.1) is 0 Å². The number of hydrogen-bond acceptors (Lipinski definition) is 4. The van der Waals surface area contributed by atoms with Gasteiger partial charge in [-0.3, -0.25) is 4.79 Å². The number of sulfonamides is 1. The number of hydrogen-bond donors (Lipinski definition) is 2. The van der Waals surface area contributed by atoms with Crippen molar-refractivity contribution in [3.05, 3.63) is 53.6 Å². The zero-order valence-electron chi connectivity index (χ0n) is 16.7. The average molecular weight is 417 g/mol. The van der Waals surface area contributed by atoms with E-state index in [1.807, 2.05) is 13.0 Å². The molecule has 1 amide bonds. The normalized spacial score (nSPS) is 13.6. The summed E-state index contributed by atoms with van der Waals surface area (Å²) in [5.41, 5.74) is 3.07. The van der Waals surface area contributed by atoms with Crippen molar-refractivity contribution >= 4 is 21.6 Å². The van der Waals surface area contributed by atoms with Crippen LogP contribution in [0.15, 0.2) is 47.4 Å². The van der Waals surface area contributed by atoms with E-state index >= 15 is 0 Å². The summed E-state index contributed by atoms with van der Waals surface area (Å²) in [6, 6.07) is 12.5. The molecule has 3 rings (SSSR count). The summed E-state index contributed by atoms with van der Waals surface area (Å²) in [4.78, 5) is 12.4. The van der Waals surface area contributed by atoms with Crippen molar-refractivity contribution in [1.82, 2.24) is 4.72 Å². The lowest BCUT2D eigenvalue weighted by atomic mass is 9.92. The first-order chi connectivity index (χ1) is 14.0. The molecule has 2 N–H and O–H groups in total. The highest BCUT2D eigenvalue weighted by Gasteiger charge is 2.17. The molecule has 1 aliphatic rings. The fourth-order valence-electron chi connectivity index (χ4n) is 3.44. The van der Waals surface area contributed by atoms with Crippen LogP contribution < -0.4 is 14.8 Å². The minimum atomic E-state index is -3.56. The van der Waals surface area contributed by atoms with Gasteiger partial charge in [0.05, 0.1) is 11.5 Å². The van der Waals surface area contributed by atoms with Crippen molar-refractivity contribution in [1.29, 1.82) is 0 Å². The molecule has 0 fully saturated rings. The van der Waals surface area contributed by atoms with Crippen LogP contribution in [0.4, 0.5) is 5.69 Å². The van der Waals surface area contributed by atoms with Crippen molar-refractivity contribution in [3.8, 4) is 5.75 Å². The van der Waals surface area contributed by atoms with E-state index in [0.29, 0.717) is 23.6 Å². The highest BCUT2D eigenvalue weighted by molar-refractivity contribution is 7.89. The van der Waals surface area contributed by atoms with Crippen LogP contribution in [0.3, 0.4) is 0 Å². The Balaban J connectivity index is 1.45. The van der Waals surface area contributed by atoms with Crippen molar-refractivity contribution in [2.24, 2.45) is 0 Å². The van der Waals surface area contributed by atoms with Crippen molar-refractivity contribution < 1.29 is 17.9 Å². The van der Waals surface area contributed by atoms with Gasteiger partial charge in [-0.2, -0.15) is 0 Å². The van der Waals surface area contributed by atoms with Gasteiger partial charge in [0.1, 0.15) is 5.75 Å². The number of rotatable bonds is 9. The Morgan fingerprint density at radius 1 is 1.03 bits per heavy atom. The third-order valence-corrected chi connectivity index (χ3v) is 6.41. The molecule has 0 spiro atoms. The van der Waals surface area contributed by atoms with Gasteiger partial charge < -0.3 is 10.1 Å². The largest absolute Gasteiger partial charge is 0.494 e. The number of aryl methyl sites for hydroxylation is 2. The first-order valence-electron chi connectivity index (χ1n) is 10.1. The van der Waals surface area contributed by atoms with Gasteiger partial charge in [-0.1, -0.05) is 6.07 Å². The molecule has 0 aromatic heterocycles. The minimum absolute atomic E-state index is 0.151. The molecule has 0 atom stereocenters. The second kappa shape index (κ2) is 9.89. The maximum atomic E-state index is 12.5. The lowest BCUT2D eigenvalue weighted by Gasteiger charge is -2.16. The third kappa shape index (κ3) is 6.05. The van der Waals surface area contributed by atoms with Gasteiger partial charge >= 0.3 is 0 Å². The molecule has 7 heteroatoms. The molecule has 0 radical (unpaired) electrons. The van der Waals surface area contributed by atoms with Crippen LogP contribution in [0.25, 0.3) is 0 Å². The Kier molecular flexibility index (Phi) is 7.28. The first kappa shape index (κ1) is 21.3. The highest BCUT2D eigenvalue weighted by Crippen LogP contribution is 2.24. The van der Waals surface area contributed by atoms with Gasteiger partial charge in [0.15, 0.2) is 0 Å². The first-order valence-corrected chi connectivity index (χ1v) is 11.6. The SMILES string of the molecule is CCOc1ccc(NC(=O)CCCNS(=O)(=O)c2ccc3c(c2)CCCC3)cc1. The molecule has 6 nitrogen and oxygen atoms in total. The number of carbonyl (C=O) groups excluding carboxylic acids is 1. The van der Waals surface area contributed by atoms with Crippen LogP contribution in [0.1, 0.15) is 43.7 Å². The summed E-state index contributed by atoms with van der Waals surface area (Å²) < 4.78 is 33.0. The molecular formula is C22H28N2O4S. The van der Waals surface area contributed by atoms with Gasteiger partial charge in [-0.25, -0.2) is 13.1 Å². The van der Waals surface area contributed by atoms with E-state index in [1.54, 1.807) is 36.4 Å². The smallest absolute Gasteiger partial charge is 0.240 e. The molecule has 156 valence electrons. The second-order valence-electron chi connectivity index (χ2n) is 7.14. The predicted octanol–water partition coefficient (Wildman–Crippen LogP) is 3.66. The molecule has 29 heavy (non-hydrogen) atoms. The number of carbonyl (C=O) groups is 1. The molecule has 0 bridgehead atoms. The zero-order valence-corrected chi connectivity index (χ0v) is 17.6. The Hall–Kier alpha value is -2.38. The highest BCUT2D eigenvalue weighted by atomic mass is 32.2. The Morgan fingerprint density at radius 2 is 1.76 bits per heavy atom. The summed E-state index contributed by atoms with van der Waals surface area (Å²) >= 11 is 0. The summed E-state index contributed by atoms with van der Waals surface area (Å²) in [5, 5.41) is 2.80. The van der Waals surface area contributed by atoms with Crippen LogP contribution in [0.2, 0.25) is 0 Å². The van der Waals surface area contributed by atoms with Gasteiger partial charge in [0.2, 0.25) is 15.9 Å². The van der Waals surface area contributed by atoms with Crippen LogP contribution in [-0.2, 0) is 27.7 Å². The molecule has 2 aromatic rings. The summed E-state index contributed by atoms with van der Waals surface area (Å²) in [5.74, 6) is 0.601. The van der Waals surface area contributed by atoms with Gasteiger partial charge in [0.25, 0.3) is 0 Å². The second-order valence-corrected chi connectivity index (χ2v) is 8.91. The van der Waals surface area contributed by atoms with E-state index in [-0.39, 0.29) is 18.9 Å². The number of benzene rings is 2. The van der Waals surface area contributed by atoms with Gasteiger partial charge in [0, 0.05) is 18.7 Å².